The van der Waals surface area contributed by atoms with Crippen LogP contribution in [0.2, 0.25) is 0 Å². The smallest absolute Gasteiger partial charge is 0.422 e. The van der Waals surface area contributed by atoms with E-state index in [-0.39, 0.29) is 12.0 Å². The van der Waals surface area contributed by atoms with Crippen LogP contribution in [0.15, 0.2) is 66.7 Å². The zero-order chi connectivity index (χ0) is 22.0. The van der Waals surface area contributed by atoms with Crippen LogP contribution in [-0.2, 0) is 9.53 Å². The number of para-hydroxylation sites is 1. The van der Waals surface area contributed by atoms with Gasteiger partial charge in [0.2, 0.25) is 0 Å². The number of likely N-dealkylation sites (tertiary alicyclic amines) is 1. The van der Waals surface area contributed by atoms with Gasteiger partial charge in [-0.25, -0.2) is 14.5 Å². The van der Waals surface area contributed by atoms with Crippen LogP contribution in [0.1, 0.15) is 19.4 Å². The Hall–Kier alpha value is -3.61. The molecule has 31 heavy (non-hydrogen) atoms. The van der Waals surface area contributed by atoms with Gasteiger partial charge >= 0.3 is 12.2 Å². The lowest BCUT2D eigenvalue weighted by molar-refractivity contribution is -0.148. The summed E-state index contributed by atoms with van der Waals surface area (Å²) in [5, 5.41) is 0. The molecule has 2 fully saturated rings. The van der Waals surface area contributed by atoms with Crippen molar-refractivity contribution in [1.82, 2.24) is 9.80 Å². The number of amides is 3. The molecule has 2 aliphatic heterocycles. The normalized spacial score (nSPS) is 23.3. The predicted octanol–water partition coefficient (Wildman–Crippen LogP) is 3.96. The highest BCUT2D eigenvalue weighted by atomic mass is 16.6. The Balaban J connectivity index is 1.57. The van der Waals surface area contributed by atoms with Crippen molar-refractivity contribution in [2.75, 3.05) is 6.54 Å². The van der Waals surface area contributed by atoms with Gasteiger partial charge in [0, 0.05) is 0 Å². The van der Waals surface area contributed by atoms with Crippen LogP contribution in [0.3, 0.4) is 0 Å². The Morgan fingerprint density at radius 3 is 2.32 bits per heavy atom. The van der Waals surface area contributed by atoms with Crippen molar-refractivity contribution in [3.05, 3.63) is 72.3 Å². The topological polar surface area (TPSA) is 76.2 Å². The van der Waals surface area contributed by atoms with E-state index in [9.17, 15) is 14.4 Å². The van der Waals surface area contributed by atoms with Gasteiger partial charge in [0.15, 0.2) is 0 Å². The summed E-state index contributed by atoms with van der Waals surface area (Å²) in [7, 11) is 0. The summed E-state index contributed by atoms with van der Waals surface area (Å²) in [5.41, 5.74) is 0.918. The molecular formula is C24H24N2O5. The highest BCUT2D eigenvalue weighted by Crippen LogP contribution is 2.32. The summed E-state index contributed by atoms with van der Waals surface area (Å²) in [5.74, 6) is -0.0124. The second-order valence-corrected chi connectivity index (χ2v) is 7.91. The molecule has 2 saturated heterocycles. The number of imide groups is 1. The van der Waals surface area contributed by atoms with Crippen molar-refractivity contribution in [3.63, 3.8) is 0 Å². The van der Waals surface area contributed by atoms with Crippen LogP contribution in [0, 0.1) is 5.92 Å². The zero-order valence-electron chi connectivity index (χ0n) is 17.4. The lowest BCUT2D eigenvalue weighted by atomic mass is 9.92. The molecule has 3 amide bonds. The Morgan fingerprint density at radius 2 is 1.71 bits per heavy atom. The van der Waals surface area contributed by atoms with Gasteiger partial charge in [0.25, 0.3) is 5.91 Å². The van der Waals surface area contributed by atoms with Crippen molar-refractivity contribution >= 4 is 24.2 Å². The van der Waals surface area contributed by atoms with Crippen LogP contribution in [0.5, 0.6) is 5.75 Å². The second-order valence-electron chi connectivity index (χ2n) is 7.91. The van der Waals surface area contributed by atoms with E-state index in [4.69, 9.17) is 9.47 Å². The standard InChI is InChI=1S/C24H24N2O5/c1-16(2)20-15-25(23(28)31-20)21-19(14-13-17-9-5-3-6-10-17)26(22(21)27)24(29)30-18-11-7-4-8-12-18/h3-14,16,19-21H,15H2,1-2H3/t19-,20?,21+/m1/s1. The molecule has 0 spiro atoms. The molecular weight excluding hydrogens is 396 g/mol. The maximum Gasteiger partial charge on any atom is 0.422 e. The fourth-order valence-electron chi connectivity index (χ4n) is 3.70. The Kier molecular flexibility index (Phi) is 5.75. The van der Waals surface area contributed by atoms with Crippen molar-refractivity contribution in [2.24, 2.45) is 5.92 Å². The van der Waals surface area contributed by atoms with Crippen LogP contribution >= 0.6 is 0 Å². The number of rotatable bonds is 5. The molecule has 2 aromatic carbocycles. The number of carbonyl (C=O) groups is 3. The van der Waals surface area contributed by atoms with Crippen molar-refractivity contribution < 1.29 is 23.9 Å². The minimum absolute atomic E-state index is 0.126. The number of β-lactam (4-membered cyclic amide) rings is 1. The Labute approximate surface area is 180 Å². The maximum atomic E-state index is 13.0. The molecule has 0 saturated carbocycles. The monoisotopic (exact) mass is 420 g/mol. The molecule has 2 heterocycles. The first-order chi connectivity index (χ1) is 15.0. The van der Waals surface area contributed by atoms with E-state index in [0.29, 0.717) is 12.3 Å². The summed E-state index contributed by atoms with van der Waals surface area (Å²) >= 11 is 0. The SMILES string of the molecule is CC(C)C1CN([C@@H]2C(=O)N(C(=O)Oc3ccccc3)[C@@H]2C=Cc2ccccc2)C(=O)O1. The molecule has 0 bridgehead atoms. The quantitative estimate of drug-likeness (QED) is 0.685. The van der Waals surface area contributed by atoms with Gasteiger partial charge in [-0.2, -0.15) is 0 Å². The number of benzene rings is 2. The average molecular weight is 420 g/mol. The van der Waals surface area contributed by atoms with E-state index in [1.165, 1.54) is 4.90 Å². The van der Waals surface area contributed by atoms with E-state index in [1.54, 1.807) is 36.4 Å². The summed E-state index contributed by atoms with van der Waals surface area (Å²) in [6, 6.07) is 16.6. The summed E-state index contributed by atoms with van der Waals surface area (Å²) < 4.78 is 10.8. The average Bonchev–Trinajstić information content (AvgIpc) is 3.13. The number of carbonyl (C=O) groups excluding carboxylic acids is 3. The zero-order valence-corrected chi connectivity index (χ0v) is 17.4. The molecule has 0 aromatic heterocycles. The third-order valence-electron chi connectivity index (χ3n) is 5.49. The molecule has 7 nitrogen and oxygen atoms in total. The third-order valence-corrected chi connectivity index (χ3v) is 5.49. The van der Waals surface area contributed by atoms with Crippen LogP contribution in [0.25, 0.3) is 6.08 Å². The molecule has 0 N–H and O–H groups in total. The highest BCUT2D eigenvalue weighted by molar-refractivity contribution is 6.04. The van der Waals surface area contributed by atoms with Crippen LogP contribution in [-0.4, -0.2) is 52.6 Å². The maximum absolute atomic E-state index is 13.0. The van der Waals surface area contributed by atoms with Crippen molar-refractivity contribution in [1.29, 1.82) is 0 Å². The molecule has 0 radical (unpaired) electrons. The number of hydrogen-bond acceptors (Lipinski definition) is 5. The number of nitrogens with zero attached hydrogens (tertiary/aromatic N) is 2. The molecule has 160 valence electrons. The predicted molar refractivity (Wildman–Crippen MR) is 114 cm³/mol. The fourth-order valence-corrected chi connectivity index (χ4v) is 3.70. The van der Waals surface area contributed by atoms with Crippen LogP contribution < -0.4 is 4.74 Å². The number of cyclic esters (lactones) is 1. The summed E-state index contributed by atoms with van der Waals surface area (Å²) in [6.45, 7) is 4.23. The molecule has 7 heteroatoms. The Bertz CT molecular complexity index is 990. The number of ether oxygens (including phenoxy) is 2. The lowest BCUT2D eigenvalue weighted by Gasteiger charge is -2.46. The third kappa shape index (κ3) is 4.17. The first kappa shape index (κ1) is 20.7. The van der Waals surface area contributed by atoms with E-state index in [1.807, 2.05) is 50.3 Å². The molecule has 1 unspecified atom stereocenters. The first-order valence-electron chi connectivity index (χ1n) is 10.3. The second kappa shape index (κ2) is 8.63. The van der Waals surface area contributed by atoms with Gasteiger partial charge in [-0.15, -0.1) is 0 Å². The molecule has 0 aliphatic carbocycles. The minimum Gasteiger partial charge on any atom is -0.444 e. The largest absolute Gasteiger partial charge is 0.444 e. The van der Waals surface area contributed by atoms with Gasteiger partial charge < -0.3 is 9.47 Å². The van der Waals surface area contributed by atoms with Gasteiger partial charge in [0.1, 0.15) is 17.9 Å². The van der Waals surface area contributed by atoms with Crippen molar-refractivity contribution in [3.8, 4) is 5.75 Å². The fraction of sp³-hybridized carbons (Fsp3) is 0.292. The number of hydrogen-bond donors (Lipinski definition) is 0. The van der Waals surface area contributed by atoms with Gasteiger partial charge in [-0.1, -0.05) is 74.5 Å². The lowest BCUT2D eigenvalue weighted by Crippen LogP contribution is -2.72. The van der Waals surface area contributed by atoms with E-state index < -0.39 is 30.2 Å². The first-order valence-corrected chi connectivity index (χ1v) is 10.3. The van der Waals surface area contributed by atoms with Crippen molar-refractivity contribution in [2.45, 2.75) is 32.0 Å². The summed E-state index contributed by atoms with van der Waals surface area (Å²) in [6.07, 6.45) is 1.98. The molecule has 2 aromatic rings. The summed E-state index contributed by atoms with van der Waals surface area (Å²) in [4.78, 5) is 40.6. The van der Waals surface area contributed by atoms with Crippen LogP contribution in [0.4, 0.5) is 9.59 Å². The van der Waals surface area contributed by atoms with E-state index in [2.05, 4.69) is 0 Å². The van der Waals surface area contributed by atoms with E-state index >= 15 is 0 Å². The van der Waals surface area contributed by atoms with Gasteiger partial charge in [-0.3, -0.25) is 9.69 Å². The molecule has 4 rings (SSSR count). The minimum atomic E-state index is -0.806. The molecule has 3 atom stereocenters. The van der Waals surface area contributed by atoms with Gasteiger partial charge in [0.05, 0.1) is 12.6 Å². The Morgan fingerprint density at radius 1 is 1.06 bits per heavy atom. The van der Waals surface area contributed by atoms with E-state index in [0.717, 1.165) is 10.5 Å². The highest BCUT2D eigenvalue weighted by Gasteiger charge is 2.57. The van der Waals surface area contributed by atoms with Gasteiger partial charge in [-0.05, 0) is 23.6 Å². The molecule has 2 aliphatic rings.